The minimum atomic E-state index is -0.185. The Bertz CT molecular complexity index is 501. The Labute approximate surface area is 118 Å². The molecular formula is C14H22N4O2. The van der Waals surface area contributed by atoms with Gasteiger partial charge in [0.1, 0.15) is 0 Å². The summed E-state index contributed by atoms with van der Waals surface area (Å²) < 4.78 is 6.92. The molecule has 1 saturated carbocycles. The van der Waals surface area contributed by atoms with E-state index >= 15 is 0 Å². The van der Waals surface area contributed by atoms with Crippen LogP contribution in [0.15, 0.2) is 6.20 Å². The number of aryl methyl sites for hydroxylation is 1. The molecule has 2 heterocycles. The molecule has 1 aliphatic carbocycles. The SMILES string of the molecule is COc1nn(C)cc1CNC(=O)[C@]12CCC[C@H]1NCC2. The first-order valence-electron chi connectivity index (χ1n) is 7.24. The summed E-state index contributed by atoms with van der Waals surface area (Å²) in [6, 6.07) is 0.360. The summed E-state index contributed by atoms with van der Waals surface area (Å²) in [6.45, 7) is 1.43. The van der Waals surface area contributed by atoms with Crippen molar-refractivity contribution in [2.75, 3.05) is 13.7 Å². The molecule has 1 aromatic rings. The van der Waals surface area contributed by atoms with Crippen LogP contribution in [0.3, 0.4) is 0 Å². The van der Waals surface area contributed by atoms with Crippen LogP contribution < -0.4 is 15.4 Å². The van der Waals surface area contributed by atoms with Gasteiger partial charge in [0.05, 0.1) is 18.1 Å². The molecule has 2 N–H and O–H groups in total. The lowest BCUT2D eigenvalue weighted by Gasteiger charge is -2.27. The Kier molecular flexibility index (Phi) is 3.41. The number of rotatable bonds is 4. The van der Waals surface area contributed by atoms with Gasteiger partial charge < -0.3 is 15.4 Å². The third-order valence-corrected chi connectivity index (χ3v) is 4.70. The largest absolute Gasteiger partial charge is 0.480 e. The van der Waals surface area contributed by atoms with E-state index in [0.717, 1.165) is 37.8 Å². The Morgan fingerprint density at radius 2 is 2.50 bits per heavy atom. The summed E-state index contributed by atoms with van der Waals surface area (Å²) in [7, 11) is 3.45. The zero-order chi connectivity index (χ0) is 14.2. The average Bonchev–Trinajstić information content (AvgIpc) is 3.08. The number of carbonyl (C=O) groups excluding carboxylic acids is 1. The molecule has 110 valence electrons. The summed E-state index contributed by atoms with van der Waals surface area (Å²) in [6.07, 6.45) is 6.09. The molecule has 1 aromatic heterocycles. The number of hydrogen-bond acceptors (Lipinski definition) is 4. The van der Waals surface area contributed by atoms with Crippen LogP contribution >= 0.6 is 0 Å². The van der Waals surface area contributed by atoms with Crippen LogP contribution in [0.2, 0.25) is 0 Å². The lowest BCUT2D eigenvalue weighted by atomic mass is 9.81. The quantitative estimate of drug-likeness (QED) is 0.845. The Balaban J connectivity index is 1.67. The molecule has 2 fully saturated rings. The van der Waals surface area contributed by atoms with Gasteiger partial charge in [-0.1, -0.05) is 6.42 Å². The van der Waals surface area contributed by atoms with Crippen molar-refractivity contribution in [3.63, 3.8) is 0 Å². The number of fused-ring (bicyclic) bond motifs is 1. The van der Waals surface area contributed by atoms with E-state index in [4.69, 9.17) is 4.74 Å². The van der Waals surface area contributed by atoms with Gasteiger partial charge in [0, 0.05) is 25.8 Å². The fraction of sp³-hybridized carbons (Fsp3) is 0.714. The number of amides is 1. The predicted molar refractivity (Wildman–Crippen MR) is 74.3 cm³/mol. The highest BCUT2D eigenvalue weighted by molar-refractivity contribution is 5.84. The van der Waals surface area contributed by atoms with Crippen LogP contribution in [0.4, 0.5) is 0 Å². The van der Waals surface area contributed by atoms with Gasteiger partial charge in [-0.15, -0.1) is 5.10 Å². The van der Waals surface area contributed by atoms with E-state index in [0.29, 0.717) is 18.5 Å². The predicted octanol–water partition coefficient (Wildman–Crippen LogP) is 0.577. The van der Waals surface area contributed by atoms with Crippen molar-refractivity contribution in [1.29, 1.82) is 0 Å². The van der Waals surface area contributed by atoms with Crippen molar-refractivity contribution in [2.24, 2.45) is 12.5 Å². The molecule has 6 nitrogen and oxygen atoms in total. The highest BCUT2D eigenvalue weighted by Crippen LogP contribution is 2.44. The zero-order valence-electron chi connectivity index (χ0n) is 12.1. The molecule has 1 amide bonds. The van der Waals surface area contributed by atoms with Gasteiger partial charge in [0.2, 0.25) is 11.8 Å². The third-order valence-electron chi connectivity index (χ3n) is 4.70. The van der Waals surface area contributed by atoms with Crippen LogP contribution in [-0.4, -0.2) is 35.4 Å². The fourth-order valence-electron chi connectivity index (χ4n) is 3.69. The monoisotopic (exact) mass is 278 g/mol. The lowest BCUT2D eigenvalue weighted by Crippen LogP contribution is -2.45. The average molecular weight is 278 g/mol. The summed E-state index contributed by atoms with van der Waals surface area (Å²) in [5.74, 6) is 0.758. The number of nitrogens with one attached hydrogen (secondary N) is 2. The first kappa shape index (κ1) is 13.4. The molecule has 0 radical (unpaired) electrons. The number of carbonyl (C=O) groups is 1. The van der Waals surface area contributed by atoms with Crippen molar-refractivity contribution in [1.82, 2.24) is 20.4 Å². The number of ether oxygens (including phenoxy) is 1. The van der Waals surface area contributed by atoms with Gasteiger partial charge in [-0.05, 0) is 25.8 Å². The molecule has 1 saturated heterocycles. The second-order valence-corrected chi connectivity index (χ2v) is 5.83. The minimum absolute atomic E-state index is 0.177. The molecule has 0 bridgehead atoms. The zero-order valence-corrected chi connectivity index (χ0v) is 12.1. The first-order valence-corrected chi connectivity index (χ1v) is 7.24. The van der Waals surface area contributed by atoms with E-state index in [-0.39, 0.29) is 11.3 Å². The van der Waals surface area contributed by atoms with E-state index in [9.17, 15) is 4.79 Å². The van der Waals surface area contributed by atoms with Crippen LogP contribution in [0, 0.1) is 5.41 Å². The summed E-state index contributed by atoms with van der Waals surface area (Å²) >= 11 is 0. The molecule has 6 heteroatoms. The maximum absolute atomic E-state index is 12.6. The van der Waals surface area contributed by atoms with Crippen molar-refractivity contribution in [3.05, 3.63) is 11.8 Å². The third kappa shape index (κ3) is 2.08. The van der Waals surface area contributed by atoms with E-state index in [1.54, 1.807) is 11.8 Å². The second kappa shape index (κ2) is 5.09. The number of aromatic nitrogens is 2. The normalized spacial score (nSPS) is 28.4. The highest BCUT2D eigenvalue weighted by atomic mass is 16.5. The maximum Gasteiger partial charge on any atom is 0.237 e. The summed E-state index contributed by atoms with van der Waals surface area (Å²) in [5.41, 5.74) is 0.732. The molecule has 20 heavy (non-hydrogen) atoms. The molecule has 0 spiro atoms. The van der Waals surface area contributed by atoms with Crippen molar-refractivity contribution >= 4 is 5.91 Å². The summed E-state index contributed by atoms with van der Waals surface area (Å²) in [5, 5.41) is 10.7. The highest BCUT2D eigenvalue weighted by Gasteiger charge is 2.51. The molecule has 2 aliphatic rings. The summed E-state index contributed by atoms with van der Waals surface area (Å²) in [4.78, 5) is 12.6. The van der Waals surface area contributed by atoms with Gasteiger partial charge >= 0.3 is 0 Å². The standard InChI is InChI=1S/C14H22N4O2/c1-18-9-10(12(17-18)20-2)8-16-13(19)14-5-3-4-11(14)15-7-6-14/h9,11,15H,3-8H2,1-2H3,(H,16,19)/t11-,14+/m1/s1. The van der Waals surface area contributed by atoms with Crippen molar-refractivity contribution < 1.29 is 9.53 Å². The van der Waals surface area contributed by atoms with Crippen molar-refractivity contribution in [2.45, 2.75) is 38.3 Å². The molecule has 0 aromatic carbocycles. The van der Waals surface area contributed by atoms with Crippen molar-refractivity contribution in [3.8, 4) is 5.88 Å². The molecule has 1 aliphatic heterocycles. The minimum Gasteiger partial charge on any atom is -0.480 e. The number of methoxy groups -OCH3 is 1. The van der Waals surface area contributed by atoms with Gasteiger partial charge in [-0.2, -0.15) is 0 Å². The van der Waals surface area contributed by atoms with Gasteiger partial charge in [-0.3, -0.25) is 9.48 Å². The fourth-order valence-corrected chi connectivity index (χ4v) is 3.69. The van der Waals surface area contributed by atoms with E-state index in [1.807, 2.05) is 13.2 Å². The smallest absolute Gasteiger partial charge is 0.237 e. The lowest BCUT2D eigenvalue weighted by molar-refractivity contribution is -0.131. The van der Waals surface area contributed by atoms with E-state index in [1.165, 1.54) is 0 Å². The second-order valence-electron chi connectivity index (χ2n) is 5.83. The maximum atomic E-state index is 12.6. The van der Waals surface area contributed by atoms with E-state index in [2.05, 4.69) is 15.7 Å². The Morgan fingerprint density at radius 3 is 3.30 bits per heavy atom. The number of nitrogens with zero attached hydrogens (tertiary/aromatic N) is 2. The topological polar surface area (TPSA) is 68.2 Å². The molecule has 3 rings (SSSR count). The van der Waals surface area contributed by atoms with E-state index < -0.39 is 0 Å². The van der Waals surface area contributed by atoms with Gasteiger partial charge in [-0.25, -0.2) is 0 Å². The van der Waals surface area contributed by atoms with Crippen LogP contribution in [0.1, 0.15) is 31.2 Å². The molecular weight excluding hydrogens is 256 g/mol. The van der Waals surface area contributed by atoms with Gasteiger partial charge in [0.15, 0.2) is 0 Å². The molecule has 2 atom stereocenters. The van der Waals surface area contributed by atoms with Crippen LogP contribution in [0.25, 0.3) is 0 Å². The van der Waals surface area contributed by atoms with Crippen LogP contribution in [0.5, 0.6) is 5.88 Å². The Hall–Kier alpha value is -1.56. The van der Waals surface area contributed by atoms with Gasteiger partial charge in [0.25, 0.3) is 0 Å². The number of hydrogen-bond donors (Lipinski definition) is 2. The van der Waals surface area contributed by atoms with Crippen LogP contribution in [-0.2, 0) is 18.4 Å². The first-order chi connectivity index (χ1) is 9.65. The Morgan fingerprint density at radius 1 is 1.65 bits per heavy atom. The molecule has 0 unspecified atom stereocenters.